The van der Waals surface area contributed by atoms with Crippen molar-refractivity contribution in [1.82, 2.24) is 0 Å². The Morgan fingerprint density at radius 2 is 1.64 bits per heavy atom. The summed E-state index contributed by atoms with van der Waals surface area (Å²) in [6, 6.07) is 1.89. The average Bonchev–Trinajstić information content (AvgIpc) is 1.97. The monoisotopic (exact) mass is 186 g/mol. The molecule has 60 valence electrons. The molecule has 0 fully saturated rings. The van der Waals surface area contributed by atoms with Crippen molar-refractivity contribution < 1.29 is 5.11 Å². The molecule has 0 unspecified atom stereocenters. The van der Waals surface area contributed by atoms with E-state index in [1.807, 2.05) is 19.9 Å². The van der Waals surface area contributed by atoms with Crippen LogP contribution in [0.5, 0.6) is 5.75 Å². The second-order valence-corrected chi connectivity index (χ2v) is 3.45. The molecule has 1 rings (SSSR count). The topological polar surface area (TPSA) is 20.2 Å². The lowest BCUT2D eigenvalue weighted by Gasteiger charge is -2.07. The molecule has 0 aliphatic carbocycles. The van der Waals surface area contributed by atoms with E-state index in [2.05, 4.69) is 25.3 Å². The van der Waals surface area contributed by atoms with E-state index in [4.69, 9.17) is 0 Å². The minimum absolute atomic E-state index is 0.226. The van der Waals surface area contributed by atoms with Crippen LogP contribution >= 0.6 is 25.3 Å². The van der Waals surface area contributed by atoms with Crippen LogP contribution in [0.15, 0.2) is 15.9 Å². The summed E-state index contributed by atoms with van der Waals surface area (Å²) in [4.78, 5) is 1.31. The lowest BCUT2D eigenvalue weighted by Crippen LogP contribution is -1.83. The van der Waals surface area contributed by atoms with Crippen molar-refractivity contribution in [2.24, 2.45) is 0 Å². The summed E-state index contributed by atoms with van der Waals surface area (Å²) in [5.41, 5.74) is 1.87. The van der Waals surface area contributed by atoms with Crippen molar-refractivity contribution in [2.75, 3.05) is 0 Å². The zero-order valence-electron chi connectivity index (χ0n) is 6.42. The molecule has 0 aliphatic heterocycles. The summed E-state index contributed by atoms with van der Waals surface area (Å²) in [7, 11) is 0. The Morgan fingerprint density at radius 3 is 2.18 bits per heavy atom. The van der Waals surface area contributed by atoms with Gasteiger partial charge in [0.25, 0.3) is 0 Å². The summed E-state index contributed by atoms with van der Waals surface area (Å²) in [5, 5.41) is 9.39. The molecule has 1 aromatic carbocycles. The fourth-order valence-corrected chi connectivity index (χ4v) is 1.47. The number of aryl methyl sites for hydroxylation is 2. The highest BCUT2D eigenvalue weighted by Gasteiger charge is 2.06. The van der Waals surface area contributed by atoms with Crippen molar-refractivity contribution in [3.05, 3.63) is 17.2 Å². The van der Waals surface area contributed by atoms with Crippen LogP contribution in [0.1, 0.15) is 11.1 Å². The second kappa shape index (κ2) is 2.99. The van der Waals surface area contributed by atoms with Crippen LogP contribution in [0, 0.1) is 13.8 Å². The van der Waals surface area contributed by atoms with Crippen LogP contribution in [0.4, 0.5) is 0 Å². The Morgan fingerprint density at radius 1 is 1.09 bits per heavy atom. The lowest BCUT2D eigenvalue weighted by atomic mass is 10.1. The van der Waals surface area contributed by atoms with E-state index in [1.54, 1.807) is 0 Å². The number of thiol groups is 2. The number of phenolic OH excluding ortho intramolecular Hbond substituents is 1. The average molecular weight is 186 g/mol. The number of benzene rings is 1. The first-order chi connectivity index (χ1) is 5.04. The smallest absolute Gasteiger partial charge is 0.132 e. The van der Waals surface area contributed by atoms with Crippen LogP contribution < -0.4 is 0 Å². The maximum atomic E-state index is 9.39. The lowest BCUT2D eigenvalue weighted by molar-refractivity contribution is 0.455. The molecule has 0 atom stereocenters. The van der Waals surface area contributed by atoms with Crippen LogP contribution in [0.25, 0.3) is 0 Å². The Kier molecular flexibility index (Phi) is 2.40. The molecule has 0 aliphatic rings. The maximum absolute atomic E-state index is 9.39. The van der Waals surface area contributed by atoms with Gasteiger partial charge in [0.2, 0.25) is 0 Å². The first kappa shape index (κ1) is 8.81. The van der Waals surface area contributed by atoms with Crippen molar-refractivity contribution in [1.29, 1.82) is 0 Å². The minimum atomic E-state index is 0.226. The molecule has 0 amide bonds. The Balaban J connectivity index is 3.46. The Labute approximate surface area is 77.3 Å². The van der Waals surface area contributed by atoms with E-state index in [1.165, 1.54) is 0 Å². The van der Waals surface area contributed by atoms with Crippen molar-refractivity contribution in [2.45, 2.75) is 23.6 Å². The highest BCUT2D eigenvalue weighted by atomic mass is 32.1. The predicted octanol–water partition coefficient (Wildman–Crippen LogP) is 2.59. The van der Waals surface area contributed by atoms with Gasteiger partial charge in [-0.15, -0.1) is 25.3 Å². The summed E-state index contributed by atoms with van der Waals surface area (Å²) in [6.45, 7) is 3.78. The second-order valence-electron chi connectivity index (χ2n) is 2.56. The van der Waals surface area contributed by atoms with E-state index in [0.717, 1.165) is 16.0 Å². The van der Waals surface area contributed by atoms with Gasteiger partial charge in [-0.1, -0.05) is 6.07 Å². The third-order valence-corrected chi connectivity index (χ3v) is 2.82. The fourth-order valence-electron chi connectivity index (χ4n) is 0.947. The third-order valence-electron chi connectivity index (χ3n) is 1.63. The van der Waals surface area contributed by atoms with Crippen LogP contribution in [0.3, 0.4) is 0 Å². The van der Waals surface area contributed by atoms with Gasteiger partial charge < -0.3 is 5.11 Å². The summed E-state index contributed by atoms with van der Waals surface area (Å²) in [6.07, 6.45) is 0. The van der Waals surface area contributed by atoms with Gasteiger partial charge in [-0.3, -0.25) is 0 Å². The molecule has 1 nitrogen and oxygen atoms in total. The van der Waals surface area contributed by atoms with E-state index in [0.29, 0.717) is 4.90 Å². The Bertz CT molecular complexity index is 268. The maximum Gasteiger partial charge on any atom is 0.132 e. The standard InChI is InChI=1S/C8H10OS2/c1-4-3-5(2)7(10)8(11)6(4)9/h3,9-11H,1-2H3. The molecular formula is C8H10OS2. The summed E-state index contributed by atoms with van der Waals surface area (Å²) in [5.74, 6) is 0.226. The molecule has 0 spiro atoms. The molecule has 1 N–H and O–H groups in total. The Hall–Kier alpha value is -0.280. The van der Waals surface area contributed by atoms with Crippen molar-refractivity contribution in [3.63, 3.8) is 0 Å². The number of rotatable bonds is 0. The fraction of sp³-hybridized carbons (Fsp3) is 0.250. The normalized spacial score (nSPS) is 10.2. The number of phenols is 1. The first-order valence-electron chi connectivity index (χ1n) is 3.25. The van der Waals surface area contributed by atoms with Gasteiger partial charge in [0.05, 0.1) is 4.90 Å². The molecule has 0 bridgehead atoms. The molecule has 0 heterocycles. The van der Waals surface area contributed by atoms with Crippen LogP contribution in [-0.2, 0) is 0 Å². The van der Waals surface area contributed by atoms with Gasteiger partial charge in [0.15, 0.2) is 0 Å². The molecule has 3 heteroatoms. The predicted molar refractivity (Wildman–Crippen MR) is 52.1 cm³/mol. The van der Waals surface area contributed by atoms with Gasteiger partial charge in [-0.25, -0.2) is 0 Å². The van der Waals surface area contributed by atoms with Crippen molar-refractivity contribution in [3.8, 4) is 5.75 Å². The molecule has 0 aromatic heterocycles. The highest BCUT2D eigenvalue weighted by Crippen LogP contribution is 2.33. The highest BCUT2D eigenvalue weighted by molar-refractivity contribution is 7.83. The van der Waals surface area contributed by atoms with E-state index < -0.39 is 0 Å². The minimum Gasteiger partial charge on any atom is -0.506 e. The van der Waals surface area contributed by atoms with E-state index in [-0.39, 0.29) is 5.75 Å². The molecule has 0 saturated carbocycles. The number of aromatic hydroxyl groups is 1. The first-order valence-corrected chi connectivity index (χ1v) is 4.14. The van der Waals surface area contributed by atoms with Gasteiger partial charge in [0, 0.05) is 4.90 Å². The van der Waals surface area contributed by atoms with Gasteiger partial charge in [-0.2, -0.15) is 0 Å². The van der Waals surface area contributed by atoms with Gasteiger partial charge >= 0.3 is 0 Å². The van der Waals surface area contributed by atoms with Crippen LogP contribution in [-0.4, -0.2) is 5.11 Å². The van der Waals surface area contributed by atoms with Crippen molar-refractivity contribution >= 4 is 25.3 Å². The zero-order chi connectivity index (χ0) is 8.59. The third kappa shape index (κ3) is 1.49. The van der Waals surface area contributed by atoms with Gasteiger partial charge in [0.1, 0.15) is 5.75 Å². The molecule has 0 saturated heterocycles. The van der Waals surface area contributed by atoms with Gasteiger partial charge in [-0.05, 0) is 25.0 Å². The molecule has 0 radical (unpaired) electrons. The number of hydrogen-bond acceptors (Lipinski definition) is 3. The zero-order valence-corrected chi connectivity index (χ0v) is 8.21. The summed E-state index contributed by atoms with van der Waals surface area (Å²) >= 11 is 8.32. The molecule has 11 heavy (non-hydrogen) atoms. The summed E-state index contributed by atoms with van der Waals surface area (Å²) < 4.78 is 0. The largest absolute Gasteiger partial charge is 0.506 e. The van der Waals surface area contributed by atoms with E-state index in [9.17, 15) is 5.11 Å². The van der Waals surface area contributed by atoms with Crippen LogP contribution in [0.2, 0.25) is 0 Å². The quantitative estimate of drug-likeness (QED) is 0.532. The SMILES string of the molecule is Cc1cc(C)c(S)c(S)c1O. The van der Waals surface area contributed by atoms with E-state index >= 15 is 0 Å². The molecular weight excluding hydrogens is 176 g/mol. The number of hydrogen-bond donors (Lipinski definition) is 3. The molecule has 1 aromatic rings.